The fourth-order valence-electron chi connectivity index (χ4n) is 1.82. The lowest BCUT2D eigenvalue weighted by Gasteiger charge is -2.29. The molecule has 0 saturated carbocycles. The van der Waals surface area contributed by atoms with Crippen LogP contribution in [0.25, 0.3) is 0 Å². The Morgan fingerprint density at radius 1 is 1.53 bits per heavy atom. The van der Waals surface area contributed by atoms with E-state index in [2.05, 4.69) is 0 Å². The van der Waals surface area contributed by atoms with Crippen molar-refractivity contribution >= 4 is 22.2 Å². The highest BCUT2D eigenvalue weighted by Gasteiger charge is 2.23. The molecule has 1 aliphatic heterocycles. The van der Waals surface area contributed by atoms with Gasteiger partial charge in [0.1, 0.15) is 0 Å². The summed E-state index contributed by atoms with van der Waals surface area (Å²) in [6.45, 7) is 1.26. The number of carbonyl (C=O) groups excluding carboxylic acids is 1. The van der Waals surface area contributed by atoms with Gasteiger partial charge in [-0.05, 0) is 12.8 Å². The monoisotopic (exact) mass is 255 g/mol. The quantitative estimate of drug-likeness (QED) is 0.635. The van der Waals surface area contributed by atoms with Crippen molar-refractivity contribution in [2.75, 3.05) is 13.1 Å². The van der Waals surface area contributed by atoms with Gasteiger partial charge in [-0.15, -0.1) is 0 Å². The Hall–Kier alpha value is -1.47. The van der Waals surface area contributed by atoms with Crippen molar-refractivity contribution in [3.63, 3.8) is 0 Å². The molecular formula is C10H13N3O3S. The molecule has 6 nitrogen and oxygen atoms in total. The van der Waals surface area contributed by atoms with Crippen molar-refractivity contribution in [2.24, 2.45) is 5.73 Å². The topological polar surface area (TPSA) is 89.5 Å². The smallest absolute Gasteiger partial charge is 0.324 e. The summed E-state index contributed by atoms with van der Waals surface area (Å²) in [6.07, 6.45) is 1.58. The maximum Gasteiger partial charge on any atom is 0.324 e. The Morgan fingerprint density at radius 3 is 2.71 bits per heavy atom. The third kappa shape index (κ3) is 2.62. The van der Waals surface area contributed by atoms with Crippen LogP contribution in [-0.2, 0) is 0 Å². The molecule has 1 aromatic heterocycles. The third-order valence-electron chi connectivity index (χ3n) is 2.84. The molecule has 0 aliphatic carbocycles. The summed E-state index contributed by atoms with van der Waals surface area (Å²) in [5.41, 5.74) is 6.15. The molecule has 1 aromatic rings. The van der Waals surface area contributed by atoms with E-state index in [9.17, 15) is 14.9 Å². The van der Waals surface area contributed by atoms with Crippen LogP contribution in [0.4, 0.5) is 5.00 Å². The number of hydrogen-bond acceptors (Lipinski definition) is 5. The molecule has 1 saturated heterocycles. The highest BCUT2D eigenvalue weighted by molar-refractivity contribution is 7.13. The van der Waals surface area contributed by atoms with Crippen LogP contribution in [-0.4, -0.2) is 34.9 Å². The van der Waals surface area contributed by atoms with Crippen molar-refractivity contribution in [1.82, 2.24) is 4.90 Å². The lowest BCUT2D eigenvalue weighted by atomic mass is 10.1. The molecule has 0 aromatic carbocycles. The highest BCUT2D eigenvalue weighted by Crippen LogP contribution is 2.24. The van der Waals surface area contributed by atoms with Crippen molar-refractivity contribution in [3.05, 3.63) is 27.1 Å². The summed E-state index contributed by atoms with van der Waals surface area (Å²) in [6, 6.07) is 1.50. The second-order valence-electron chi connectivity index (χ2n) is 4.06. The zero-order valence-corrected chi connectivity index (χ0v) is 9.98. The fraction of sp³-hybridized carbons (Fsp3) is 0.500. The first kappa shape index (κ1) is 12.0. The minimum Gasteiger partial charge on any atom is -0.339 e. The maximum atomic E-state index is 12.0. The Balaban J connectivity index is 2.06. The van der Waals surface area contributed by atoms with E-state index in [1.807, 2.05) is 0 Å². The van der Waals surface area contributed by atoms with Crippen LogP contribution in [0.15, 0.2) is 11.4 Å². The minimum absolute atomic E-state index is 0.00191. The summed E-state index contributed by atoms with van der Waals surface area (Å²) in [4.78, 5) is 23.8. The molecular weight excluding hydrogens is 242 g/mol. The first-order valence-electron chi connectivity index (χ1n) is 5.35. The van der Waals surface area contributed by atoms with Crippen molar-refractivity contribution in [1.29, 1.82) is 0 Å². The van der Waals surface area contributed by atoms with Gasteiger partial charge >= 0.3 is 5.00 Å². The molecule has 0 unspecified atom stereocenters. The number of nitrogens with zero attached hydrogens (tertiary/aromatic N) is 2. The number of nitrogens with two attached hydrogens (primary N) is 1. The molecule has 2 N–H and O–H groups in total. The molecule has 0 bridgehead atoms. The van der Waals surface area contributed by atoms with Crippen molar-refractivity contribution in [3.8, 4) is 0 Å². The van der Waals surface area contributed by atoms with E-state index in [1.54, 1.807) is 4.90 Å². The maximum absolute atomic E-state index is 12.0. The molecule has 0 atom stereocenters. The van der Waals surface area contributed by atoms with Crippen LogP contribution in [0.3, 0.4) is 0 Å². The number of rotatable bonds is 2. The van der Waals surface area contributed by atoms with Gasteiger partial charge in [-0.3, -0.25) is 14.9 Å². The standard InChI is InChI=1S/C10H13N3O3S/c11-8-1-3-12(4-2-8)10(14)7-5-9(13(15)16)17-6-7/h5-6,8H,1-4,11H2. The molecule has 1 amide bonds. The van der Waals surface area contributed by atoms with Crippen molar-refractivity contribution < 1.29 is 9.72 Å². The third-order valence-corrected chi connectivity index (χ3v) is 3.72. The van der Waals surface area contributed by atoms with E-state index in [0.29, 0.717) is 18.7 Å². The number of thiophene rings is 1. The first-order valence-corrected chi connectivity index (χ1v) is 6.23. The largest absolute Gasteiger partial charge is 0.339 e. The van der Waals surface area contributed by atoms with Crippen LogP contribution < -0.4 is 5.73 Å². The number of hydrogen-bond donors (Lipinski definition) is 1. The zero-order chi connectivity index (χ0) is 12.4. The normalized spacial score (nSPS) is 17.1. The second kappa shape index (κ2) is 4.80. The van der Waals surface area contributed by atoms with Crippen LogP contribution >= 0.6 is 11.3 Å². The van der Waals surface area contributed by atoms with Gasteiger partial charge in [-0.1, -0.05) is 11.3 Å². The molecule has 17 heavy (non-hydrogen) atoms. The first-order chi connectivity index (χ1) is 8.08. The minimum atomic E-state index is -0.479. The SMILES string of the molecule is NC1CCN(C(=O)c2csc([N+](=O)[O-])c2)CC1. The number of piperidine rings is 1. The van der Waals surface area contributed by atoms with Gasteiger partial charge in [0, 0.05) is 30.6 Å². The summed E-state index contributed by atoms with van der Waals surface area (Å²) in [7, 11) is 0. The van der Waals surface area contributed by atoms with Gasteiger partial charge in [0.2, 0.25) is 0 Å². The Morgan fingerprint density at radius 2 is 2.18 bits per heavy atom. The predicted octanol–water partition coefficient (Wildman–Crippen LogP) is 1.22. The lowest BCUT2D eigenvalue weighted by molar-refractivity contribution is -0.380. The van der Waals surface area contributed by atoms with Crippen LogP contribution in [0.1, 0.15) is 23.2 Å². The van der Waals surface area contributed by atoms with Crippen LogP contribution in [0.2, 0.25) is 0 Å². The van der Waals surface area contributed by atoms with Gasteiger partial charge < -0.3 is 10.6 Å². The Labute approximate surface area is 102 Å². The van der Waals surface area contributed by atoms with Gasteiger partial charge in [0.25, 0.3) is 5.91 Å². The molecule has 2 heterocycles. The summed E-state index contributed by atoms with van der Waals surface area (Å²) in [5, 5.41) is 12.1. The van der Waals surface area contributed by atoms with E-state index >= 15 is 0 Å². The molecule has 92 valence electrons. The number of nitro groups is 1. The van der Waals surface area contributed by atoms with Gasteiger partial charge in [-0.2, -0.15) is 0 Å². The summed E-state index contributed by atoms with van der Waals surface area (Å²) >= 11 is 0.979. The molecule has 1 fully saturated rings. The Bertz CT molecular complexity index is 438. The van der Waals surface area contributed by atoms with E-state index < -0.39 is 4.92 Å². The van der Waals surface area contributed by atoms with Gasteiger partial charge in [0.05, 0.1) is 10.5 Å². The van der Waals surface area contributed by atoms with Gasteiger partial charge in [0.15, 0.2) is 0 Å². The average Bonchev–Trinajstić information content (AvgIpc) is 2.78. The second-order valence-corrected chi connectivity index (χ2v) is 4.95. The molecule has 7 heteroatoms. The van der Waals surface area contributed by atoms with Crippen molar-refractivity contribution in [2.45, 2.75) is 18.9 Å². The highest BCUT2D eigenvalue weighted by atomic mass is 32.1. The average molecular weight is 255 g/mol. The molecule has 0 radical (unpaired) electrons. The van der Waals surface area contributed by atoms with E-state index in [4.69, 9.17) is 5.73 Å². The number of amides is 1. The predicted molar refractivity (Wildman–Crippen MR) is 64.1 cm³/mol. The van der Waals surface area contributed by atoms with E-state index in [0.717, 1.165) is 24.2 Å². The molecule has 1 aliphatic rings. The lowest BCUT2D eigenvalue weighted by Crippen LogP contribution is -2.42. The van der Waals surface area contributed by atoms with Gasteiger partial charge in [-0.25, -0.2) is 0 Å². The number of carbonyl (C=O) groups is 1. The molecule has 2 rings (SSSR count). The van der Waals surface area contributed by atoms with E-state index in [1.165, 1.54) is 11.4 Å². The fourth-order valence-corrected chi connectivity index (χ4v) is 2.52. The van der Waals surface area contributed by atoms with E-state index in [-0.39, 0.29) is 17.0 Å². The molecule has 0 spiro atoms. The van der Waals surface area contributed by atoms with Crippen LogP contribution in [0, 0.1) is 10.1 Å². The zero-order valence-electron chi connectivity index (χ0n) is 9.17. The Kier molecular flexibility index (Phi) is 3.39. The summed E-state index contributed by atoms with van der Waals surface area (Å²) in [5.74, 6) is -0.138. The summed E-state index contributed by atoms with van der Waals surface area (Å²) < 4.78 is 0. The number of likely N-dealkylation sites (tertiary alicyclic amines) is 1. The van der Waals surface area contributed by atoms with Crippen LogP contribution in [0.5, 0.6) is 0 Å².